The number of rotatable bonds is 2. The maximum absolute atomic E-state index is 13.7. The molecule has 1 aromatic carbocycles. The second-order valence-electron chi connectivity index (χ2n) is 4.05. The van der Waals surface area contributed by atoms with Crippen LogP contribution in [0.5, 0.6) is 5.88 Å². The summed E-state index contributed by atoms with van der Waals surface area (Å²) in [5.74, 6) is -0.665. The van der Waals surface area contributed by atoms with Gasteiger partial charge in [-0.15, -0.1) is 0 Å². The van der Waals surface area contributed by atoms with Crippen LogP contribution in [0.3, 0.4) is 0 Å². The van der Waals surface area contributed by atoms with E-state index in [1.165, 1.54) is 19.2 Å². The van der Waals surface area contributed by atoms with Gasteiger partial charge in [-0.25, -0.2) is 9.37 Å². The molecule has 0 aliphatic rings. The fraction of sp³-hybridized carbons (Fsp3) is 0.154. The third kappa shape index (κ3) is 2.81. The van der Waals surface area contributed by atoms with Crippen LogP contribution in [0, 0.1) is 5.82 Å². The van der Waals surface area contributed by atoms with E-state index in [4.69, 9.17) is 10.5 Å². The second kappa shape index (κ2) is 4.99. The average Bonchev–Trinajstić information content (AvgIpc) is 2.37. The molecule has 106 valence electrons. The minimum absolute atomic E-state index is 0.00975. The molecule has 0 aliphatic heterocycles. The lowest BCUT2D eigenvalue weighted by atomic mass is 10.0. The fourth-order valence-electron chi connectivity index (χ4n) is 1.72. The summed E-state index contributed by atoms with van der Waals surface area (Å²) in [6.07, 6.45) is -3.68. The van der Waals surface area contributed by atoms with Crippen LogP contribution >= 0.6 is 0 Å². The lowest BCUT2D eigenvalue weighted by Gasteiger charge is -2.11. The lowest BCUT2D eigenvalue weighted by Crippen LogP contribution is -2.06. The van der Waals surface area contributed by atoms with Crippen molar-refractivity contribution in [1.29, 1.82) is 0 Å². The van der Waals surface area contributed by atoms with Crippen molar-refractivity contribution in [2.24, 2.45) is 0 Å². The van der Waals surface area contributed by atoms with Gasteiger partial charge in [0.05, 0.1) is 18.9 Å². The van der Waals surface area contributed by atoms with Crippen molar-refractivity contribution in [3.8, 4) is 17.0 Å². The molecule has 0 radical (unpaired) electrons. The third-order valence-electron chi connectivity index (χ3n) is 2.63. The summed E-state index contributed by atoms with van der Waals surface area (Å²) < 4.78 is 56.7. The first-order valence-electron chi connectivity index (χ1n) is 5.49. The Balaban J connectivity index is 2.61. The molecular weight excluding hydrogens is 276 g/mol. The molecule has 0 atom stereocenters. The molecule has 1 aromatic heterocycles. The van der Waals surface area contributed by atoms with Crippen LogP contribution in [0.2, 0.25) is 0 Å². The molecule has 0 saturated heterocycles. The molecule has 2 rings (SSSR count). The summed E-state index contributed by atoms with van der Waals surface area (Å²) in [6, 6.07) is 4.09. The Hall–Kier alpha value is -2.31. The van der Waals surface area contributed by atoms with E-state index >= 15 is 0 Å². The number of anilines is 1. The molecule has 0 spiro atoms. The number of hydrogen-bond donors (Lipinski definition) is 1. The highest BCUT2D eigenvalue weighted by Crippen LogP contribution is 2.35. The molecule has 2 N–H and O–H groups in total. The second-order valence-corrected chi connectivity index (χ2v) is 4.05. The van der Waals surface area contributed by atoms with Gasteiger partial charge in [-0.2, -0.15) is 13.2 Å². The first kappa shape index (κ1) is 14.1. The van der Waals surface area contributed by atoms with Crippen molar-refractivity contribution in [1.82, 2.24) is 4.98 Å². The van der Waals surface area contributed by atoms with Crippen LogP contribution in [0.15, 0.2) is 30.5 Å². The number of ether oxygens (including phenoxy) is 1. The van der Waals surface area contributed by atoms with Crippen molar-refractivity contribution >= 4 is 5.69 Å². The molecule has 0 aliphatic carbocycles. The molecule has 7 heteroatoms. The maximum atomic E-state index is 13.7. The standard InChI is InChI=1S/C13H10F4N2O/c1-20-12-5-10(11(14)6-19-12)7-2-8(13(15,16)17)4-9(18)3-7/h2-6H,18H2,1H3. The van der Waals surface area contributed by atoms with E-state index in [1.54, 1.807) is 0 Å². The van der Waals surface area contributed by atoms with E-state index < -0.39 is 17.6 Å². The number of aromatic nitrogens is 1. The lowest BCUT2D eigenvalue weighted by molar-refractivity contribution is -0.137. The van der Waals surface area contributed by atoms with Crippen LogP contribution in [0.25, 0.3) is 11.1 Å². The quantitative estimate of drug-likeness (QED) is 0.679. The summed E-state index contributed by atoms with van der Waals surface area (Å²) in [5, 5.41) is 0. The molecule has 3 nitrogen and oxygen atoms in total. The zero-order valence-corrected chi connectivity index (χ0v) is 10.3. The smallest absolute Gasteiger partial charge is 0.416 e. The number of benzene rings is 1. The first-order valence-corrected chi connectivity index (χ1v) is 5.49. The highest BCUT2D eigenvalue weighted by molar-refractivity contribution is 5.69. The molecule has 0 unspecified atom stereocenters. The Morgan fingerprint density at radius 2 is 1.85 bits per heavy atom. The Morgan fingerprint density at radius 3 is 2.45 bits per heavy atom. The molecule has 0 fully saturated rings. The van der Waals surface area contributed by atoms with Gasteiger partial charge in [0.15, 0.2) is 0 Å². The van der Waals surface area contributed by atoms with E-state index in [2.05, 4.69) is 4.98 Å². The molecule has 20 heavy (non-hydrogen) atoms. The summed E-state index contributed by atoms with van der Waals surface area (Å²) in [7, 11) is 1.32. The monoisotopic (exact) mass is 286 g/mol. The Kier molecular flexibility index (Phi) is 3.52. The van der Waals surface area contributed by atoms with Crippen molar-refractivity contribution in [2.45, 2.75) is 6.18 Å². The number of alkyl halides is 3. The summed E-state index contributed by atoms with van der Waals surface area (Å²) in [6.45, 7) is 0. The maximum Gasteiger partial charge on any atom is 0.416 e. The van der Waals surface area contributed by atoms with Crippen molar-refractivity contribution in [3.63, 3.8) is 0 Å². The van der Waals surface area contributed by atoms with Crippen LogP contribution in [0.4, 0.5) is 23.2 Å². The molecule has 0 bridgehead atoms. The third-order valence-corrected chi connectivity index (χ3v) is 2.63. The van der Waals surface area contributed by atoms with E-state index in [-0.39, 0.29) is 22.7 Å². The van der Waals surface area contributed by atoms with Gasteiger partial charge in [0.1, 0.15) is 5.82 Å². The molecule has 2 aromatic rings. The predicted octanol–water partition coefficient (Wildman–Crippen LogP) is 3.50. The van der Waals surface area contributed by atoms with Gasteiger partial charge >= 0.3 is 6.18 Å². The number of nitrogen functional groups attached to an aromatic ring is 1. The summed E-state index contributed by atoms with van der Waals surface area (Å²) >= 11 is 0. The van der Waals surface area contributed by atoms with E-state index in [0.717, 1.165) is 18.3 Å². The predicted molar refractivity (Wildman–Crippen MR) is 65.6 cm³/mol. The number of nitrogens with zero attached hydrogens (tertiary/aromatic N) is 1. The summed E-state index contributed by atoms with van der Waals surface area (Å²) in [4.78, 5) is 3.63. The SMILES string of the molecule is COc1cc(-c2cc(N)cc(C(F)(F)F)c2)c(F)cn1. The van der Waals surface area contributed by atoms with Crippen LogP contribution in [-0.2, 0) is 6.18 Å². The zero-order chi connectivity index (χ0) is 14.9. The topological polar surface area (TPSA) is 48.1 Å². The minimum atomic E-state index is -4.56. The summed E-state index contributed by atoms with van der Waals surface area (Å²) in [5.41, 5.74) is 4.35. The molecular formula is C13H10F4N2O. The van der Waals surface area contributed by atoms with Gasteiger partial charge in [-0.1, -0.05) is 0 Å². The van der Waals surface area contributed by atoms with Gasteiger partial charge in [0.25, 0.3) is 0 Å². The van der Waals surface area contributed by atoms with E-state index in [1.807, 2.05) is 0 Å². The Morgan fingerprint density at radius 1 is 1.15 bits per heavy atom. The zero-order valence-electron chi connectivity index (χ0n) is 10.3. The van der Waals surface area contributed by atoms with Gasteiger partial charge < -0.3 is 10.5 Å². The van der Waals surface area contributed by atoms with E-state index in [9.17, 15) is 17.6 Å². The van der Waals surface area contributed by atoms with Gasteiger partial charge in [-0.05, 0) is 23.8 Å². The fourth-order valence-corrected chi connectivity index (χ4v) is 1.72. The number of halogens is 4. The van der Waals surface area contributed by atoms with E-state index in [0.29, 0.717) is 0 Å². The largest absolute Gasteiger partial charge is 0.481 e. The molecule has 0 amide bonds. The normalized spacial score (nSPS) is 11.4. The van der Waals surface area contributed by atoms with Crippen molar-refractivity contribution in [3.05, 3.63) is 41.8 Å². The minimum Gasteiger partial charge on any atom is -0.481 e. The Bertz CT molecular complexity index is 641. The highest BCUT2D eigenvalue weighted by atomic mass is 19.4. The van der Waals surface area contributed by atoms with Gasteiger partial charge in [0, 0.05) is 17.3 Å². The first-order chi connectivity index (χ1) is 9.31. The highest BCUT2D eigenvalue weighted by Gasteiger charge is 2.31. The number of pyridine rings is 1. The molecule has 0 saturated carbocycles. The van der Waals surface area contributed by atoms with Crippen LogP contribution in [-0.4, -0.2) is 12.1 Å². The molecule has 1 heterocycles. The van der Waals surface area contributed by atoms with Crippen molar-refractivity contribution < 1.29 is 22.3 Å². The number of nitrogens with two attached hydrogens (primary N) is 1. The number of hydrogen-bond acceptors (Lipinski definition) is 3. The average molecular weight is 286 g/mol. The Labute approximate surface area is 112 Å². The van der Waals surface area contributed by atoms with Crippen LogP contribution in [0.1, 0.15) is 5.56 Å². The van der Waals surface area contributed by atoms with Gasteiger partial charge in [0.2, 0.25) is 5.88 Å². The van der Waals surface area contributed by atoms with Gasteiger partial charge in [-0.3, -0.25) is 0 Å². The number of methoxy groups -OCH3 is 1. The van der Waals surface area contributed by atoms with Crippen molar-refractivity contribution in [2.75, 3.05) is 12.8 Å². The van der Waals surface area contributed by atoms with Crippen LogP contribution < -0.4 is 10.5 Å².